The Labute approximate surface area is 134 Å². The monoisotopic (exact) mass is 313 g/mol. The van der Waals surface area contributed by atoms with Crippen LogP contribution in [-0.2, 0) is 16.0 Å². The van der Waals surface area contributed by atoms with E-state index in [-0.39, 0.29) is 12.3 Å². The molecule has 0 aromatic heterocycles. The lowest BCUT2D eigenvalue weighted by Gasteiger charge is -2.13. The van der Waals surface area contributed by atoms with Gasteiger partial charge in [0.25, 0.3) is 0 Å². The van der Waals surface area contributed by atoms with Crippen molar-refractivity contribution in [3.05, 3.63) is 60.2 Å². The number of aliphatic carboxylic acids is 1. The van der Waals surface area contributed by atoms with Gasteiger partial charge in [0.1, 0.15) is 5.75 Å². The second-order valence-corrected chi connectivity index (χ2v) is 5.21. The summed E-state index contributed by atoms with van der Waals surface area (Å²) in [5, 5.41) is 12.0. The SMILES string of the molecule is COc1ccc(NC(=O)C[C@@H](Cc2ccccc2)C(=O)O)cc1. The maximum atomic E-state index is 12.1. The number of hydrogen-bond acceptors (Lipinski definition) is 3. The highest BCUT2D eigenvalue weighted by molar-refractivity contribution is 5.93. The van der Waals surface area contributed by atoms with Crippen LogP contribution >= 0.6 is 0 Å². The third kappa shape index (κ3) is 5.14. The summed E-state index contributed by atoms with van der Waals surface area (Å²) >= 11 is 0. The molecule has 2 aromatic carbocycles. The smallest absolute Gasteiger partial charge is 0.307 e. The first-order valence-electron chi connectivity index (χ1n) is 7.29. The molecule has 1 amide bonds. The van der Waals surface area contributed by atoms with Gasteiger partial charge in [0.15, 0.2) is 0 Å². The normalized spacial score (nSPS) is 11.5. The van der Waals surface area contributed by atoms with E-state index in [1.165, 1.54) is 0 Å². The summed E-state index contributed by atoms with van der Waals surface area (Å²) < 4.78 is 5.05. The fourth-order valence-corrected chi connectivity index (χ4v) is 2.26. The quantitative estimate of drug-likeness (QED) is 0.824. The lowest BCUT2D eigenvalue weighted by atomic mass is 9.96. The number of carbonyl (C=O) groups excluding carboxylic acids is 1. The summed E-state index contributed by atoms with van der Waals surface area (Å²) in [4.78, 5) is 23.4. The Morgan fingerprint density at radius 1 is 1.09 bits per heavy atom. The Balaban J connectivity index is 1.96. The molecule has 2 rings (SSSR count). The number of amides is 1. The van der Waals surface area contributed by atoms with E-state index in [1.54, 1.807) is 31.4 Å². The van der Waals surface area contributed by atoms with Crippen molar-refractivity contribution < 1.29 is 19.4 Å². The highest BCUT2D eigenvalue weighted by Crippen LogP contribution is 2.17. The number of carboxylic acids is 1. The molecule has 0 unspecified atom stereocenters. The molecule has 1 atom stereocenters. The number of methoxy groups -OCH3 is 1. The second kappa shape index (κ2) is 7.98. The highest BCUT2D eigenvalue weighted by Gasteiger charge is 2.21. The van der Waals surface area contributed by atoms with Gasteiger partial charge in [-0.2, -0.15) is 0 Å². The van der Waals surface area contributed by atoms with Crippen LogP contribution in [0.3, 0.4) is 0 Å². The number of hydrogen-bond donors (Lipinski definition) is 2. The third-order valence-corrected chi connectivity index (χ3v) is 3.48. The molecule has 2 aromatic rings. The number of rotatable bonds is 7. The van der Waals surface area contributed by atoms with Crippen LogP contribution in [0.25, 0.3) is 0 Å². The molecule has 0 aliphatic heterocycles. The van der Waals surface area contributed by atoms with Gasteiger partial charge >= 0.3 is 5.97 Å². The Morgan fingerprint density at radius 2 is 1.74 bits per heavy atom. The van der Waals surface area contributed by atoms with E-state index >= 15 is 0 Å². The Kier molecular flexibility index (Phi) is 5.74. The topological polar surface area (TPSA) is 75.6 Å². The predicted octanol–water partition coefficient (Wildman–Crippen LogP) is 2.97. The van der Waals surface area contributed by atoms with Crippen LogP contribution in [0.4, 0.5) is 5.69 Å². The van der Waals surface area contributed by atoms with E-state index in [9.17, 15) is 14.7 Å². The van der Waals surface area contributed by atoms with Gasteiger partial charge in [0, 0.05) is 12.1 Å². The van der Waals surface area contributed by atoms with E-state index in [0.717, 1.165) is 5.56 Å². The van der Waals surface area contributed by atoms with E-state index < -0.39 is 11.9 Å². The van der Waals surface area contributed by atoms with Gasteiger partial charge in [0.2, 0.25) is 5.91 Å². The lowest BCUT2D eigenvalue weighted by Crippen LogP contribution is -2.24. The van der Waals surface area contributed by atoms with Gasteiger partial charge < -0.3 is 15.2 Å². The molecule has 0 saturated carbocycles. The first-order chi connectivity index (χ1) is 11.1. The molecule has 0 spiro atoms. The summed E-state index contributed by atoms with van der Waals surface area (Å²) in [7, 11) is 1.56. The van der Waals surface area contributed by atoms with Crippen molar-refractivity contribution in [2.24, 2.45) is 5.92 Å². The van der Waals surface area contributed by atoms with Gasteiger partial charge in [-0.25, -0.2) is 0 Å². The third-order valence-electron chi connectivity index (χ3n) is 3.48. The van der Waals surface area contributed by atoms with Crippen LogP contribution < -0.4 is 10.1 Å². The molecule has 0 aliphatic carbocycles. The lowest BCUT2D eigenvalue weighted by molar-refractivity contribution is -0.143. The van der Waals surface area contributed by atoms with Gasteiger partial charge in [-0.1, -0.05) is 30.3 Å². The largest absolute Gasteiger partial charge is 0.497 e. The van der Waals surface area contributed by atoms with Crippen LogP contribution in [0.2, 0.25) is 0 Å². The number of ether oxygens (including phenoxy) is 1. The maximum Gasteiger partial charge on any atom is 0.307 e. The summed E-state index contributed by atoms with van der Waals surface area (Å²) in [6, 6.07) is 16.2. The molecular formula is C18H19NO4. The molecule has 2 N–H and O–H groups in total. The summed E-state index contributed by atoms with van der Waals surface area (Å²) in [5.41, 5.74) is 1.51. The highest BCUT2D eigenvalue weighted by atomic mass is 16.5. The van der Waals surface area contributed by atoms with Crippen molar-refractivity contribution in [1.82, 2.24) is 0 Å². The number of carboxylic acid groups (broad SMARTS) is 1. The van der Waals surface area contributed by atoms with Crippen molar-refractivity contribution in [2.75, 3.05) is 12.4 Å². The Hall–Kier alpha value is -2.82. The number of benzene rings is 2. The molecular weight excluding hydrogens is 294 g/mol. The zero-order chi connectivity index (χ0) is 16.7. The zero-order valence-corrected chi connectivity index (χ0v) is 12.9. The average molecular weight is 313 g/mol. The van der Waals surface area contributed by atoms with E-state index in [1.807, 2.05) is 30.3 Å². The molecule has 0 fully saturated rings. The summed E-state index contributed by atoms with van der Waals surface area (Å²) in [6.45, 7) is 0. The standard InChI is InChI=1S/C18H19NO4/c1-23-16-9-7-15(8-10-16)19-17(20)12-14(18(21)22)11-13-5-3-2-4-6-13/h2-10,14H,11-12H2,1H3,(H,19,20)(H,21,22)/t14-/m1/s1. The van der Waals surface area contributed by atoms with E-state index in [4.69, 9.17) is 4.74 Å². The molecule has 0 radical (unpaired) electrons. The fraction of sp³-hybridized carbons (Fsp3) is 0.222. The van der Waals surface area contributed by atoms with Crippen molar-refractivity contribution in [3.63, 3.8) is 0 Å². The van der Waals surface area contributed by atoms with Crippen molar-refractivity contribution in [2.45, 2.75) is 12.8 Å². The summed E-state index contributed by atoms with van der Waals surface area (Å²) in [6.07, 6.45) is 0.252. The second-order valence-electron chi connectivity index (χ2n) is 5.21. The average Bonchev–Trinajstić information content (AvgIpc) is 2.56. The van der Waals surface area contributed by atoms with Crippen LogP contribution in [0.1, 0.15) is 12.0 Å². The number of carbonyl (C=O) groups is 2. The molecule has 23 heavy (non-hydrogen) atoms. The van der Waals surface area contributed by atoms with Crippen LogP contribution in [-0.4, -0.2) is 24.1 Å². The van der Waals surface area contributed by atoms with E-state index in [2.05, 4.69) is 5.32 Å². The fourth-order valence-electron chi connectivity index (χ4n) is 2.26. The predicted molar refractivity (Wildman–Crippen MR) is 87.5 cm³/mol. The minimum absolute atomic E-state index is 0.0732. The van der Waals surface area contributed by atoms with Crippen molar-refractivity contribution in [1.29, 1.82) is 0 Å². The van der Waals surface area contributed by atoms with Crippen LogP contribution in [0.5, 0.6) is 5.75 Å². The molecule has 0 heterocycles. The Bertz CT molecular complexity index is 652. The van der Waals surface area contributed by atoms with Crippen LogP contribution in [0, 0.1) is 5.92 Å². The van der Waals surface area contributed by atoms with Gasteiger partial charge in [-0.05, 0) is 36.2 Å². The molecule has 0 aliphatic rings. The minimum Gasteiger partial charge on any atom is -0.497 e. The van der Waals surface area contributed by atoms with Gasteiger partial charge in [-0.3, -0.25) is 9.59 Å². The summed E-state index contributed by atoms with van der Waals surface area (Å²) in [5.74, 6) is -1.36. The van der Waals surface area contributed by atoms with Gasteiger partial charge in [0.05, 0.1) is 13.0 Å². The molecule has 5 nitrogen and oxygen atoms in total. The first kappa shape index (κ1) is 16.5. The minimum atomic E-state index is -0.973. The molecule has 0 saturated heterocycles. The van der Waals surface area contributed by atoms with Crippen molar-refractivity contribution in [3.8, 4) is 5.75 Å². The first-order valence-corrected chi connectivity index (χ1v) is 7.29. The van der Waals surface area contributed by atoms with Crippen LogP contribution in [0.15, 0.2) is 54.6 Å². The van der Waals surface area contributed by atoms with Gasteiger partial charge in [-0.15, -0.1) is 0 Å². The molecule has 5 heteroatoms. The number of anilines is 1. The number of nitrogens with one attached hydrogen (secondary N) is 1. The van der Waals surface area contributed by atoms with Crippen molar-refractivity contribution >= 4 is 17.6 Å². The molecule has 120 valence electrons. The Morgan fingerprint density at radius 3 is 2.30 bits per heavy atom. The molecule has 0 bridgehead atoms. The zero-order valence-electron chi connectivity index (χ0n) is 12.9. The maximum absolute atomic E-state index is 12.1. The van der Waals surface area contributed by atoms with E-state index in [0.29, 0.717) is 17.9 Å².